The largest absolute Gasteiger partial charge is 0.342 e. The standard InChI is InChI=1S/C20H25N3O2S/c1-14(18(24)22-12-6-7-13-22)26-20-21-17-11-5-4-10-16(17)19(25)23(20)15-8-2-3-9-15/h4-5,10-11,14-15H,2-3,6-9,12-13H2,1H3/t14-/m0/s1. The Kier molecular flexibility index (Phi) is 5.02. The average molecular weight is 372 g/mol. The SMILES string of the molecule is C[C@H](Sc1nc2ccccc2c(=O)n1C1CCCC1)C(=O)N1CCCC1. The van der Waals surface area contributed by atoms with Crippen LogP contribution in [0.3, 0.4) is 0 Å². The Hall–Kier alpha value is -1.82. The molecule has 26 heavy (non-hydrogen) atoms. The number of rotatable bonds is 4. The average Bonchev–Trinajstić information content (AvgIpc) is 3.35. The predicted molar refractivity (Wildman–Crippen MR) is 105 cm³/mol. The first-order valence-corrected chi connectivity index (χ1v) is 10.5. The van der Waals surface area contributed by atoms with E-state index in [1.54, 1.807) is 0 Å². The number of fused-ring (bicyclic) bond motifs is 1. The zero-order chi connectivity index (χ0) is 18.1. The number of hydrogen-bond donors (Lipinski definition) is 0. The highest BCUT2D eigenvalue weighted by Crippen LogP contribution is 2.33. The molecule has 0 N–H and O–H groups in total. The molecule has 1 aliphatic heterocycles. The number of aromatic nitrogens is 2. The van der Waals surface area contributed by atoms with Gasteiger partial charge in [0.1, 0.15) is 0 Å². The summed E-state index contributed by atoms with van der Waals surface area (Å²) in [6.07, 6.45) is 6.50. The summed E-state index contributed by atoms with van der Waals surface area (Å²) >= 11 is 1.44. The van der Waals surface area contributed by atoms with Gasteiger partial charge in [-0.05, 0) is 44.7 Å². The Bertz CT molecular complexity index is 867. The highest BCUT2D eigenvalue weighted by atomic mass is 32.2. The summed E-state index contributed by atoms with van der Waals surface area (Å²) in [5.74, 6) is 0.160. The van der Waals surface area contributed by atoms with Crippen LogP contribution in [0.2, 0.25) is 0 Å². The van der Waals surface area contributed by atoms with Crippen LogP contribution >= 0.6 is 11.8 Å². The summed E-state index contributed by atoms with van der Waals surface area (Å²) < 4.78 is 1.87. The van der Waals surface area contributed by atoms with Crippen molar-refractivity contribution in [1.29, 1.82) is 0 Å². The minimum absolute atomic E-state index is 0.0332. The highest BCUT2D eigenvalue weighted by Gasteiger charge is 2.28. The molecule has 138 valence electrons. The number of nitrogens with zero attached hydrogens (tertiary/aromatic N) is 3. The van der Waals surface area contributed by atoms with Crippen LogP contribution in [0.4, 0.5) is 0 Å². The van der Waals surface area contributed by atoms with E-state index >= 15 is 0 Å². The van der Waals surface area contributed by atoms with E-state index in [1.807, 2.05) is 40.7 Å². The first-order chi connectivity index (χ1) is 12.6. The second-order valence-corrected chi connectivity index (χ2v) is 8.63. The van der Waals surface area contributed by atoms with E-state index in [1.165, 1.54) is 11.8 Å². The summed E-state index contributed by atoms with van der Waals surface area (Å²) in [4.78, 5) is 32.6. The minimum Gasteiger partial charge on any atom is -0.342 e. The predicted octanol–water partition coefficient (Wildman–Crippen LogP) is 3.61. The van der Waals surface area contributed by atoms with Gasteiger partial charge in [0, 0.05) is 19.1 Å². The van der Waals surface area contributed by atoms with Crippen molar-refractivity contribution in [3.63, 3.8) is 0 Å². The van der Waals surface area contributed by atoms with Crippen molar-refractivity contribution in [3.05, 3.63) is 34.6 Å². The third-order valence-corrected chi connectivity index (χ3v) is 6.57. The van der Waals surface area contributed by atoms with Gasteiger partial charge in [-0.25, -0.2) is 4.98 Å². The monoisotopic (exact) mass is 371 g/mol. The van der Waals surface area contributed by atoms with Gasteiger partial charge in [-0.1, -0.05) is 36.7 Å². The summed E-state index contributed by atoms with van der Waals surface area (Å²) in [5, 5.41) is 1.14. The molecule has 2 heterocycles. The number of carbonyl (C=O) groups is 1. The van der Waals surface area contributed by atoms with Crippen molar-refractivity contribution < 1.29 is 4.79 Å². The molecule has 5 nitrogen and oxygen atoms in total. The lowest BCUT2D eigenvalue weighted by atomic mass is 10.2. The van der Waals surface area contributed by atoms with Crippen LogP contribution in [-0.4, -0.2) is 38.7 Å². The van der Waals surface area contributed by atoms with Crippen LogP contribution in [0, 0.1) is 0 Å². The van der Waals surface area contributed by atoms with Crippen molar-refractivity contribution in [2.24, 2.45) is 0 Å². The van der Waals surface area contributed by atoms with Crippen LogP contribution in [-0.2, 0) is 4.79 Å². The molecule has 0 radical (unpaired) electrons. The van der Waals surface area contributed by atoms with E-state index in [4.69, 9.17) is 4.98 Å². The van der Waals surface area contributed by atoms with Crippen LogP contribution in [0.1, 0.15) is 51.5 Å². The van der Waals surface area contributed by atoms with Gasteiger partial charge in [0.25, 0.3) is 5.56 Å². The lowest BCUT2D eigenvalue weighted by Crippen LogP contribution is -2.35. The van der Waals surface area contributed by atoms with E-state index < -0.39 is 0 Å². The van der Waals surface area contributed by atoms with Crippen LogP contribution in [0.25, 0.3) is 10.9 Å². The smallest absolute Gasteiger partial charge is 0.262 e. The van der Waals surface area contributed by atoms with Crippen molar-refractivity contribution >= 4 is 28.6 Å². The molecule has 1 aromatic heterocycles. The Labute approximate surface area is 157 Å². The number of thioether (sulfide) groups is 1. The maximum atomic E-state index is 13.2. The number of likely N-dealkylation sites (tertiary alicyclic amines) is 1. The fraction of sp³-hybridized carbons (Fsp3) is 0.550. The molecule has 1 amide bonds. The summed E-state index contributed by atoms with van der Waals surface area (Å²) in [6, 6.07) is 7.73. The lowest BCUT2D eigenvalue weighted by molar-refractivity contribution is -0.129. The molecule has 1 saturated heterocycles. The molecule has 0 bridgehead atoms. The molecule has 0 unspecified atom stereocenters. The lowest BCUT2D eigenvalue weighted by Gasteiger charge is -2.23. The van der Waals surface area contributed by atoms with Gasteiger partial charge in [-0.3, -0.25) is 14.2 Å². The van der Waals surface area contributed by atoms with Crippen molar-refractivity contribution in [2.45, 2.75) is 61.9 Å². The normalized spacial score (nSPS) is 19.3. The van der Waals surface area contributed by atoms with Gasteiger partial charge in [0.05, 0.1) is 16.2 Å². The Morgan fingerprint density at radius 1 is 1.15 bits per heavy atom. The van der Waals surface area contributed by atoms with Crippen molar-refractivity contribution in [3.8, 4) is 0 Å². The second kappa shape index (κ2) is 7.43. The Morgan fingerprint density at radius 2 is 1.85 bits per heavy atom. The topological polar surface area (TPSA) is 55.2 Å². The third-order valence-electron chi connectivity index (χ3n) is 5.51. The van der Waals surface area contributed by atoms with Crippen LogP contribution in [0.5, 0.6) is 0 Å². The molecule has 1 saturated carbocycles. The molecule has 2 aromatic rings. The van der Waals surface area contributed by atoms with Crippen LogP contribution < -0.4 is 5.56 Å². The maximum absolute atomic E-state index is 13.2. The highest BCUT2D eigenvalue weighted by molar-refractivity contribution is 8.00. The summed E-state index contributed by atoms with van der Waals surface area (Å²) in [7, 11) is 0. The zero-order valence-corrected chi connectivity index (χ0v) is 16.0. The van der Waals surface area contributed by atoms with Gasteiger partial charge in [-0.2, -0.15) is 0 Å². The Morgan fingerprint density at radius 3 is 2.58 bits per heavy atom. The van der Waals surface area contributed by atoms with E-state index in [0.29, 0.717) is 10.5 Å². The van der Waals surface area contributed by atoms with Gasteiger partial charge >= 0.3 is 0 Å². The van der Waals surface area contributed by atoms with Crippen molar-refractivity contribution in [2.75, 3.05) is 13.1 Å². The maximum Gasteiger partial charge on any atom is 0.262 e. The molecule has 2 aliphatic rings. The van der Waals surface area contributed by atoms with Gasteiger partial charge in [0.2, 0.25) is 5.91 Å². The first kappa shape index (κ1) is 17.6. The summed E-state index contributed by atoms with van der Waals surface area (Å²) in [6.45, 7) is 3.64. The third kappa shape index (κ3) is 3.27. The molecule has 1 atom stereocenters. The summed E-state index contributed by atoms with van der Waals surface area (Å²) in [5.41, 5.74) is 0.751. The van der Waals surface area contributed by atoms with Gasteiger partial charge in [-0.15, -0.1) is 0 Å². The molecule has 4 rings (SSSR count). The minimum atomic E-state index is -0.228. The molecule has 1 aliphatic carbocycles. The number of para-hydroxylation sites is 1. The quantitative estimate of drug-likeness (QED) is 0.608. The molecular formula is C20H25N3O2S. The van der Waals surface area contributed by atoms with Crippen molar-refractivity contribution in [1.82, 2.24) is 14.5 Å². The molecular weight excluding hydrogens is 346 g/mol. The second-order valence-electron chi connectivity index (χ2n) is 7.32. The molecule has 2 fully saturated rings. The van der Waals surface area contributed by atoms with E-state index in [2.05, 4.69) is 0 Å². The Balaban J connectivity index is 1.71. The molecule has 0 spiro atoms. The fourth-order valence-electron chi connectivity index (χ4n) is 4.10. The van der Waals surface area contributed by atoms with E-state index in [-0.39, 0.29) is 22.8 Å². The van der Waals surface area contributed by atoms with Gasteiger partial charge < -0.3 is 4.90 Å². The number of amides is 1. The fourth-order valence-corrected chi connectivity index (χ4v) is 5.16. The first-order valence-electron chi connectivity index (χ1n) is 9.62. The van der Waals surface area contributed by atoms with E-state index in [0.717, 1.165) is 57.1 Å². The number of hydrogen-bond acceptors (Lipinski definition) is 4. The zero-order valence-electron chi connectivity index (χ0n) is 15.2. The van der Waals surface area contributed by atoms with E-state index in [9.17, 15) is 9.59 Å². The number of carbonyl (C=O) groups excluding carboxylic acids is 1. The molecule has 6 heteroatoms. The van der Waals surface area contributed by atoms with Gasteiger partial charge in [0.15, 0.2) is 5.16 Å². The number of benzene rings is 1. The molecule has 1 aromatic carbocycles. The van der Waals surface area contributed by atoms with Crippen LogP contribution in [0.15, 0.2) is 34.2 Å².